The van der Waals surface area contributed by atoms with Crippen LogP contribution in [0.2, 0.25) is 0 Å². The predicted octanol–water partition coefficient (Wildman–Crippen LogP) is 2.29. The van der Waals surface area contributed by atoms with E-state index in [9.17, 15) is 4.79 Å². The second kappa shape index (κ2) is 5.43. The lowest BCUT2D eigenvalue weighted by atomic mass is 9.95. The number of amides is 1. The quantitative estimate of drug-likeness (QED) is 0.877. The Kier molecular flexibility index (Phi) is 3.48. The zero-order valence-corrected chi connectivity index (χ0v) is 11.4. The Morgan fingerprint density at radius 2 is 2.20 bits per heavy atom. The first-order chi connectivity index (χ1) is 9.74. The van der Waals surface area contributed by atoms with Gasteiger partial charge in [-0.05, 0) is 49.2 Å². The normalized spacial score (nSPS) is 13.7. The Bertz CT molecular complexity index is 635. The summed E-state index contributed by atoms with van der Waals surface area (Å²) in [6.07, 6.45) is 2.58. The summed E-state index contributed by atoms with van der Waals surface area (Å²) in [6.45, 7) is 3.68. The van der Waals surface area contributed by atoms with Gasteiger partial charge in [0.05, 0.1) is 11.9 Å². The highest BCUT2D eigenvalue weighted by Gasteiger charge is 2.17. The minimum Gasteiger partial charge on any atom is -0.321 e. The summed E-state index contributed by atoms with van der Waals surface area (Å²) in [5, 5.41) is 6.24. The highest BCUT2D eigenvalue weighted by atomic mass is 16.1. The Hall–Kier alpha value is -2.20. The van der Waals surface area contributed by atoms with Crippen LogP contribution in [0.1, 0.15) is 27.2 Å². The summed E-state index contributed by atoms with van der Waals surface area (Å²) in [5.41, 5.74) is 4.80. The first-order valence-electron chi connectivity index (χ1n) is 6.79. The lowest BCUT2D eigenvalue weighted by molar-refractivity contribution is 0.102. The number of hydrogen-bond donors (Lipinski definition) is 2. The van der Waals surface area contributed by atoms with Crippen LogP contribution in [0.15, 0.2) is 36.5 Å². The average molecular weight is 267 g/mol. The maximum absolute atomic E-state index is 12.4. The molecular weight excluding hydrogens is 250 g/mol. The third-order valence-corrected chi connectivity index (χ3v) is 3.55. The molecule has 0 aliphatic carbocycles. The van der Waals surface area contributed by atoms with Gasteiger partial charge in [-0.2, -0.15) is 0 Å². The van der Waals surface area contributed by atoms with Crippen LogP contribution in [0.4, 0.5) is 5.69 Å². The largest absolute Gasteiger partial charge is 0.321 e. The lowest BCUT2D eigenvalue weighted by Gasteiger charge is -2.19. The second-order valence-electron chi connectivity index (χ2n) is 5.01. The Balaban J connectivity index is 1.85. The van der Waals surface area contributed by atoms with Gasteiger partial charge in [0.15, 0.2) is 0 Å². The molecule has 1 aromatic carbocycles. The van der Waals surface area contributed by atoms with Gasteiger partial charge < -0.3 is 10.6 Å². The van der Waals surface area contributed by atoms with Crippen LogP contribution in [-0.2, 0) is 13.0 Å². The highest BCUT2D eigenvalue weighted by Crippen LogP contribution is 2.20. The van der Waals surface area contributed by atoms with Crippen LogP contribution in [-0.4, -0.2) is 17.4 Å². The molecule has 2 aromatic rings. The molecule has 0 saturated heterocycles. The topological polar surface area (TPSA) is 54.0 Å². The van der Waals surface area contributed by atoms with Crippen LogP contribution < -0.4 is 10.6 Å². The molecule has 1 amide bonds. The zero-order valence-electron chi connectivity index (χ0n) is 11.4. The molecule has 2 heterocycles. The summed E-state index contributed by atoms with van der Waals surface area (Å²) in [7, 11) is 0. The number of carbonyl (C=O) groups is 1. The fraction of sp³-hybridized carbons (Fsp3) is 0.250. The number of anilines is 1. The number of nitrogens with one attached hydrogen (secondary N) is 2. The van der Waals surface area contributed by atoms with E-state index in [4.69, 9.17) is 0 Å². The van der Waals surface area contributed by atoms with Crippen LogP contribution in [0.5, 0.6) is 0 Å². The molecule has 0 atom stereocenters. The molecule has 0 unspecified atom stereocenters. The van der Waals surface area contributed by atoms with E-state index in [0.29, 0.717) is 0 Å². The van der Waals surface area contributed by atoms with E-state index < -0.39 is 0 Å². The van der Waals surface area contributed by atoms with Gasteiger partial charge in [-0.25, -0.2) is 0 Å². The molecule has 0 radical (unpaired) electrons. The van der Waals surface area contributed by atoms with Crippen molar-refractivity contribution in [1.82, 2.24) is 10.3 Å². The monoisotopic (exact) mass is 267 g/mol. The van der Waals surface area contributed by atoms with Crippen LogP contribution in [0.25, 0.3) is 0 Å². The van der Waals surface area contributed by atoms with Gasteiger partial charge in [0.2, 0.25) is 0 Å². The molecule has 3 rings (SSSR count). The fourth-order valence-corrected chi connectivity index (χ4v) is 2.48. The molecule has 2 N–H and O–H groups in total. The van der Waals surface area contributed by atoms with Gasteiger partial charge >= 0.3 is 0 Å². The number of rotatable bonds is 2. The van der Waals surface area contributed by atoms with Crippen molar-refractivity contribution in [1.29, 1.82) is 0 Å². The van der Waals surface area contributed by atoms with Crippen molar-refractivity contribution in [2.24, 2.45) is 0 Å². The van der Waals surface area contributed by atoms with Crippen molar-refractivity contribution in [3.63, 3.8) is 0 Å². The first-order valence-corrected chi connectivity index (χ1v) is 6.79. The van der Waals surface area contributed by atoms with Crippen molar-refractivity contribution in [2.45, 2.75) is 19.9 Å². The summed E-state index contributed by atoms with van der Waals surface area (Å²) < 4.78 is 0. The van der Waals surface area contributed by atoms with E-state index in [-0.39, 0.29) is 5.91 Å². The van der Waals surface area contributed by atoms with E-state index in [0.717, 1.165) is 42.0 Å². The molecule has 4 nitrogen and oxygen atoms in total. The predicted molar refractivity (Wildman–Crippen MR) is 78.8 cm³/mol. The molecule has 20 heavy (non-hydrogen) atoms. The van der Waals surface area contributed by atoms with Crippen LogP contribution >= 0.6 is 0 Å². The van der Waals surface area contributed by atoms with Gasteiger partial charge in [-0.1, -0.05) is 12.1 Å². The molecular formula is C16H17N3O. The summed E-state index contributed by atoms with van der Waals surface area (Å²) >= 11 is 0. The third kappa shape index (κ3) is 2.56. The number of pyridine rings is 1. The Morgan fingerprint density at radius 1 is 1.30 bits per heavy atom. The lowest BCUT2D eigenvalue weighted by Crippen LogP contribution is -2.26. The van der Waals surface area contributed by atoms with Crippen molar-refractivity contribution in [3.8, 4) is 0 Å². The number of aryl methyl sites for hydroxylation is 1. The van der Waals surface area contributed by atoms with E-state index >= 15 is 0 Å². The summed E-state index contributed by atoms with van der Waals surface area (Å²) in [5.74, 6) is -0.0607. The van der Waals surface area contributed by atoms with Crippen molar-refractivity contribution in [2.75, 3.05) is 11.9 Å². The van der Waals surface area contributed by atoms with Gasteiger partial charge in [-0.3, -0.25) is 9.78 Å². The molecule has 1 aromatic heterocycles. The maximum atomic E-state index is 12.4. The highest BCUT2D eigenvalue weighted by molar-refractivity contribution is 6.05. The zero-order chi connectivity index (χ0) is 13.9. The maximum Gasteiger partial charge on any atom is 0.255 e. The molecule has 1 aliphatic rings. The molecule has 0 bridgehead atoms. The van der Waals surface area contributed by atoms with Crippen molar-refractivity contribution >= 4 is 11.6 Å². The number of fused-ring (bicyclic) bond motifs is 1. The van der Waals surface area contributed by atoms with Gasteiger partial charge in [0.25, 0.3) is 5.91 Å². The molecule has 0 saturated carbocycles. The minimum absolute atomic E-state index is 0.0607. The van der Waals surface area contributed by atoms with Gasteiger partial charge in [-0.15, -0.1) is 0 Å². The van der Waals surface area contributed by atoms with Gasteiger partial charge in [0, 0.05) is 17.8 Å². The number of aromatic nitrogens is 1. The number of hydrogen-bond acceptors (Lipinski definition) is 3. The molecule has 1 aliphatic heterocycles. The smallest absolute Gasteiger partial charge is 0.255 e. The second-order valence-corrected chi connectivity index (χ2v) is 5.01. The van der Waals surface area contributed by atoms with Crippen LogP contribution in [0, 0.1) is 6.92 Å². The molecule has 0 spiro atoms. The van der Waals surface area contributed by atoms with E-state index in [2.05, 4.69) is 21.7 Å². The van der Waals surface area contributed by atoms with Gasteiger partial charge in [0.1, 0.15) is 0 Å². The van der Waals surface area contributed by atoms with Crippen molar-refractivity contribution in [3.05, 3.63) is 58.9 Å². The first kappa shape index (κ1) is 12.8. The van der Waals surface area contributed by atoms with E-state index in [1.54, 1.807) is 6.20 Å². The summed E-state index contributed by atoms with van der Waals surface area (Å²) in [4.78, 5) is 16.6. The fourth-order valence-electron chi connectivity index (χ4n) is 2.48. The average Bonchev–Trinajstić information content (AvgIpc) is 2.49. The number of carbonyl (C=O) groups excluding carboxylic acids is 1. The SMILES string of the molecule is Cc1ccc(NC(=O)c2cccc3c2CCNC3)cn1. The minimum atomic E-state index is -0.0607. The van der Waals surface area contributed by atoms with Crippen molar-refractivity contribution < 1.29 is 4.79 Å². The molecule has 102 valence electrons. The Labute approximate surface area is 118 Å². The third-order valence-electron chi connectivity index (χ3n) is 3.55. The van der Waals surface area contributed by atoms with Crippen LogP contribution in [0.3, 0.4) is 0 Å². The number of nitrogens with zero attached hydrogens (tertiary/aromatic N) is 1. The number of benzene rings is 1. The Morgan fingerprint density at radius 3 is 3.00 bits per heavy atom. The van der Waals surface area contributed by atoms with E-state index in [1.807, 2.05) is 31.2 Å². The molecule has 0 fully saturated rings. The standard InChI is InChI=1S/C16H17N3O/c1-11-5-6-13(10-18-11)19-16(20)15-4-2-3-12-9-17-8-7-14(12)15/h2-6,10,17H,7-9H2,1H3,(H,19,20). The van der Waals surface area contributed by atoms with E-state index in [1.165, 1.54) is 5.56 Å². The molecule has 4 heteroatoms. The summed E-state index contributed by atoms with van der Waals surface area (Å²) in [6, 6.07) is 9.66.